The van der Waals surface area contributed by atoms with Crippen molar-refractivity contribution in [3.8, 4) is 0 Å². The van der Waals surface area contributed by atoms with Crippen molar-refractivity contribution in [2.45, 2.75) is 5.92 Å². The van der Waals surface area contributed by atoms with Crippen molar-refractivity contribution in [3.63, 3.8) is 0 Å². The average Bonchev–Trinajstić information content (AvgIpc) is 2.85. The third-order valence-electron chi connectivity index (χ3n) is 4.23. The topological polar surface area (TPSA) is 57.6 Å². The number of carboxylic acids is 1. The van der Waals surface area contributed by atoms with Crippen molar-refractivity contribution in [2.75, 3.05) is 18.5 Å². The standard InChI is InChI=1S/C15H9F2NO3S/c1-18-3-5-4-22-14-8(5)9-6(13(19)10(14)15(20)21)2-7(16)11(17)12(9)18/h2,4,8H,3H2,1H3,(H,20,21). The van der Waals surface area contributed by atoms with Gasteiger partial charge in [-0.15, -0.1) is 11.8 Å². The molecule has 1 unspecified atom stereocenters. The summed E-state index contributed by atoms with van der Waals surface area (Å²) in [5.41, 5.74) is 0.938. The number of aliphatic carboxylic acids is 1. The Bertz CT molecular complexity index is 844. The monoisotopic (exact) mass is 321 g/mol. The summed E-state index contributed by atoms with van der Waals surface area (Å²) in [6, 6.07) is 0.815. The second kappa shape index (κ2) is 4.19. The van der Waals surface area contributed by atoms with Crippen molar-refractivity contribution in [1.29, 1.82) is 0 Å². The highest BCUT2D eigenvalue weighted by Crippen LogP contribution is 2.56. The van der Waals surface area contributed by atoms with Crippen LogP contribution in [-0.4, -0.2) is 30.5 Å². The number of carboxylic acid groups (broad SMARTS) is 1. The maximum atomic E-state index is 14.2. The van der Waals surface area contributed by atoms with Crippen molar-refractivity contribution in [1.82, 2.24) is 0 Å². The van der Waals surface area contributed by atoms with Crippen molar-refractivity contribution in [2.24, 2.45) is 0 Å². The molecule has 0 bridgehead atoms. The molecule has 0 saturated heterocycles. The first kappa shape index (κ1) is 13.5. The van der Waals surface area contributed by atoms with Crippen LogP contribution >= 0.6 is 11.8 Å². The van der Waals surface area contributed by atoms with Gasteiger partial charge in [-0.3, -0.25) is 4.79 Å². The maximum Gasteiger partial charge on any atom is 0.340 e. The number of ketones is 1. The fourth-order valence-corrected chi connectivity index (χ4v) is 4.57. The molecule has 7 heteroatoms. The molecule has 2 aliphatic heterocycles. The van der Waals surface area contributed by atoms with Crippen molar-refractivity contribution < 1.29 is 23.5 Å². The molecular weight excluding hydrogens is 312 g/mol. The lowest BCUT2D eigenvalue weighted by Crippen LogP contribution is -2.35. The first-order valence-corrected chi connectivity index (χ1v) is 7.40. The van der Waals surface area contributed by atoms with Gasteiger partial charge in [0.2, 0.25) is 5.78 Å². The Balaban J connectivity index is 2.12. The van der Waals surface area contributed by atoms with Crippen LogP contribution in [0.15, 0.2) is 27.5 Å². The zero-order chi connectivity index (χ0) is 15.8. The fourth-order valence-electron chi connectivity index (χ4n) is 3.37. The third kappa shape index (κ3) is 1.46. The van der Waals surface area contributed by atoms with E-state index in [0.29, 0.717) is 17.0 Å². The summed E-state index contributed by atoms with van der Waals surface area (Å²) in [7, 11) is 1.62. The van der Waals surface area contributed by atoms with Crippen LogP contribution in [0.25, 0.3) is 0 Å². The van der Waals surface area contributed by atoms with E-state index < -0.39 is 29.3 Å². The molecule has 0 saturated carbocycles. The molecule has 1 aromatic rings. The second-order valence-electron chi connectivity index (χ2n) is 5.46. The molecule has 1 aromatic carbocycles. The highest BCUT2D eigenvalue weighted by atomic mass is 32.2. The van der Waals surface area contributed by atoms with Gasteiger partial charge in [0.05, 0.1) is 5.69 Å². The number of benzene rings is 1. The number of Topliss-reactive ketones (excluding diaryl/α,β-unsaturated/α-hetero) is 1. The minimum atomic E-state index is -1.34. The summed E-state index contributed by atoms with van der Waals surface area (Å²) < 4.78 is 28.1. The lowest BCUT2D eigenvalue weighted by atomic mass is 9.76. The highest BCUT2D eigenvalue weighted by molar-refractivity contribution is 8.06. The van der Waals surface area contributed by atoms with Crippen LogP contribution in [0, 0.1) is 11.6 Å². The van der Waals surface area contributed by atoms with Gasteiger partial charge in [-0.05, 0) is 17.0 Å². The number of thioether (sulfide) groups is 1. The van der Waals surface area contributed by atoms with Gasteiger partial charge >= 0.3 is 5.97 Å². The molecule has 3 aliphatic rings. The number of hydrogen-bond donors (Lipinski definition) is 1. The number of anilines is 1. The summed E-state index contributed by atoms with van der Waals surface area (Å²) in [4.78, 5) is 25.9. The summed E-state index contributed by atoms with van der Waals surface area (Å²) in [5, 5.41) is 11.1. The molecule has 0 radical (unpaired) electrons. The number of likely N-dealkylation sites (N-methyl/N-ethyl adjacent to an activating group) is 1. The van der Waals surface area contributed by atoms with Gasteiger partial charge in [0.15, 0.2) is 11.6 Å². The first-order chi connectivity index (χ1) is 10.4. The van der Waals surface area contributed by atoms with Gasteiger partial charge < -0.3 is 10.0 Å². The zero-order valence-electron chi connectivity index (χ0n) is 11.3. The van der Waals surface area contributed by atoms with Gasteiger partial charge in [-0.2, -0.15) is 0 Å². The summed E-state index contributed by atoms with van der Waals surface area (Å²) in [6.07, 6.45) is 0. The van der Waals surface area contributed by atoms with E-state index in [9.17, 15) is 23.5 Å². The van der Waals surface area contributed by atoms with Gasteiger partial charge in [0.1, 0.15) is 5.57 Å². The molecule has 1 aliphatic carbocycles. The number of carbonyl (C=O) groups excluding carboxylic acids is 1. The van der Waals surface area contributed by atoms with Crippen LogP contribution in [0.3, 0.4) is 0 Å². The molecule has 0 amide bonds. The summed E-state index contributed by atoms with van der Waals surface area (Å²) in [6.45, 7) is 0.370. The number of rotatable bonds is 1. The molecule has 22 heavy (non-hydrogen) atoms. The van der Waals surface area contributed by atoms with Crippen LogP contribution < -0.4 is 4.90 Å². The lowest BCUT2D eigenvalue weighted by molar-refractivity contribution is -0.132. The molecule has 2 heterocycles. The Morgan fingerprint density at radius 3 is 2.86 bits per heavy atom. The Kier molecular flexibility index (Phi) is 2.57. The van der Waals surface area contributed by atoms with Crippen LogP contribution in [0.2, 0.25) is 0 Å². The minimum absolute atomic E-state index is 0.0509. The third-order valence-corrected chi connectivity index (χ3v) is 5.34. The zero-order valence-corrected chi connectivity index (χ0v) is 12.1. The van der Waals surface area contributed by atoms with Crippen LogP contribution in [0.4, 0.5) is 14.5 Å². The highest BCUT2D eigenvalue weighted by Gasteiger charge is 2.46. The van der Waals surface area contributed by atoms with Gasteiger partial charge in [0.25, 0.3) is 0 Å². The van der Waals surface area contributed by atoms with E-state index in [-0.39, 0.29) is 16.8 Å². The lowest BCUT2D eigenvalue weighted by Gasteiger charge is -2.37. The quantitative estimate of drug-likeness (QED) is 0.806. The SMILES string of the molecule is CN1CC2=CSC3=C(C(=O)O)C(=O)c4cc(F)c(F)c1c4C23. The Hall–Kier alpha value is -2.15. The number of hydrogen-bond acceptors (Lipinski definition) is 4. The van der Waals surface area contributed by atoms with Gasteiger partial charge in [0, 0.05) is 35.5 Å². The normalized spacial score (nSPS) is 22.0. The second-order valence-corrected chi connectivity index (χ2v) is 6.37. The molecule has 1 N–H and O–H groups in total. The molecule has 4 nitrogen and oxygen atoms in total. The largest absolute Gasteiger partial charge is 0.478 e. The molecule has 0 aromatic heterocycles. The van der Waals surface area contributed by atoms with E-state index in [0.717, 1.165) is 11.6 Å². The number of allylic oxidation sites excluding steroid dienone is 1. The summed E-state index contributed by atoms with van der Waals surface area (Å²) in [5.74, 6) is -4.68. The van der Waals surface area contributed by atoms with E-state index in [1.165, 1.54) is 11.8 Å². The molecule has 4 rings (SSSR count). The number of halogens is 2. The Labute approximate surface area is 128 Å². The van der Waals surface area contributed by atoms with Crippen molar-refractivity contribution in [3.05, 3.63) is 50.3 Å². The molecular formula is C15H9F2NO3S. The van der Waals surface area contributed by atoms with Crippen molar-refractivity contribution >= 4 is 29.2 Å². The minimum Gasteiger partial charge on any atom is -0.478 e. The Morgan fingerprint density at radius 1 is 1.45 bits per heavy atom. The van der Waals surface area contributed by atoms with Gasteiger partial charge in [-0.25, -0.2) is 13.6 Å². The molecule has 112 valence electrons. The van der Waals surface area contributed by atoms with E-state index >= 15 is 0 Å². The maximum absolute atomic E-state index is 14.2. The van der Waals surface area contributed by atoms with Gasteiger partial charge in [-0.1, -0.05) is 0 Å². The average molecular weight is 321 g/mol. The van der Waals surface area contributed by atoms with E-state index in [1.807, 2.05) is 0 Å². The predicted octanol–water partition coefficient (Wildman–Crippen LogP) is 2.66. The van der Waals surface area contributed by atoms with E-state index in [2.05, 4.69) is 0 Å². The molecule has 0 spiro atoms. The summed E-state index contributed by atoms with van der Waals surface area (Å²) >= 11 is 1.18. The predicted molar refractivity (Wildman–Crippen MR) is 77.0 cm³/mol. The van der Waals surface area contributed by atoms with E-state index in [1.54, 1.807) is 17.4 Å². The fraction of sp³-hybridized carbons (Fsp3) is 0.200. The van der Waals surface area contributed by atoms with E-state index in [4.69, 9.17) is 0 Å². The smallest absolute Gasteiger partial charge is 0.340 e. The van der Waals surface area contributed by atoms with Crippen LogP contribution in [0.1, 0.15) is 21.8 Å². The van der Waals surface area contributed by atoms with Crippen LogP contribution in [-0.2, 0) is 4.79 Å². The molecule has 0 fully saturated rings. The number of nitrogens with zero attached hydrogens (tertiary/aromatic N) is 1. The number of carbonyl (C=O) groups is 2. The van der Waals surface area contributed by atoms with Crippen LogP contribution in [0.5, 0.6) is 0 Å². The molecule has 1 atom stereocenters. The first-order valence-electron chi connectivity index (χ1n) is 6.52. The Morgan fingerprint density at radius 2 is 2.18 bits per heavy atom.